The highest BCUT2D eigenvalue weighted by Crippen LogP contribution is 2.27. The summed E-state index contributed by atoms with van der Waals surface area (Å²) in [7, 11) is 0. The summed E-state index contributed by atoms with van der Waals surface area (Å²) in [5.74, 6) is -0.0143. The normalized spacial score (nSPS) is 23.1. The molecule has 0 radical (unpaired) electrons. The van der Waals surface area contributed by atoms with Gasteiger partial charge in [-0.25, -0.2) is 0 Å². The molecular weight excluding hydrogens is 264 g/mol. The first-order valence-electron chi connectivity index (χ1n) is 6.69. The quantitative estimate of drug-likeness (QED) is 0.835. The predicted octanol–water partition coefficient (Wildman–Crippen LogP) is 2.21. The number of H-pyrrole nitrogens is 1. The average Bonchev–Trinajstić information content (AvgIpc) is 2.37. The molecule has 1 aliphatic rings. The third-order valence-corrected chi connectivity index (χ3v) is 4.22. The molecule has 0 spiro atoms. The van der Waals surface area contributed by atoms with E-state index in [4.69, 9.17) is 11.6 Å². The molecular formula is C14H19ClN2O2. The molecule has 1 aliphatic carbocycles. The van der Waals surface area contributed by atoms with Gasteiger partial charge < -0.3 is 10.3 Å². The topological polar surface area (TPSA) is 62.0 Å². The second-order valence-corrected chi connectivity index (χ2v) is 5.73. The van der Waals surface area contributed by atoms with Crippen LogP contribution in [0.15, 0.2) is 17.1 Å². The SMILES string of the molecule is Cc1cc(=O)c(C(=O)NCC2CCCCC2Cl)c[nH]1. The minimum absolute atomic E-state index is 0.130. The summed E-state index contributed by atoms with van der Waals surface area (Å²) in [6, 6.07) is 1.43. The Labute approximate surface area is 117 Å². The van der Waals surface area contributed by atoms with Gasteiger partial charge in [-0.2, -0.15) is 0 Å². The van der Waals surface area contributed by atoms with Gasteiger partial charge in [-0.15, -0.1) is 11.6 Å². The van der Waals surface area contributed by atoms with E-state index in [9.17, 15) is 9.59 Å². The van der Waals surface area contributed by atoms with Crippen LogP contribution < -0.4 is 10.7 Å². The lowest BCUT2D eigenvalue weighted by atomic mass is 9.88. The van der Waals surface area contributed by atoms with Crippen molar-refractivity contribution in [1.29, 1.82) is 0 Å². The third kappa shape index (κ3) is 3.60. The Kier molecular flexibility index (Phi) is 4.64. The first-order chi connectivity index (χ1) is 9.08. The second-order valence-electron chi connectivity index (χ2n) is 5.16. The monoisotopic (exact) mass is 282 g/mol. The van der Waals surface area contributed by atoms with Crippen LogP contribution in [0.1, 0.15) is 41.7 Å². The number of hydrogen-bond acceptors (Lipinski definition) is 2. The molecule has 1 heterocycles. The molecule has 0 aliphatic heterocycles. The lowest BCUT2D eigenvalue weighted by Crippen LogP contribution is -2.36. The summed E-state index contributed by atoms with van der Waals surface area (Å²) in [4.78, 5) is 26.5. The number of amides is 1. The molecule has 0 aromatic carbocycles. The van der Waals surface area contributed by atoms with E-state index in [0.29, 0.717) is 12.5 Å². The van der Waals surface area contributed by atoms with E-state index in [1.807, 2.05) is 0 Å². The second kappa shape index (κ2) is 6.24. The zero-order valence-corrected chi connectivity index (χ0v) is 11.8. The lowest BCUT2D eigenvalue weighted by molar-refractivity contribution is 0.0942. The van der Waals surface area contributed by atoms with Crippen LogP contribution >= 0.6 is 11.6 Å². The number of pyridine rings is 1. The molecule has 0 saturated heterocycles. The smallest absolute Gasteiger partial charge is 0.256 e. The molecule has 2 atom stereocenters. The number of halogens is 1. The van der Waals surface area contributed by atoms with E-state index in [2.05, 4.69) is 10.3 Å². The first-order valence-corrected chi connectivity index (χ1v) is 7.13. The highest BCUT2D eigenvalue weighted by atomic mass is 35.5. The van der Waals surface area contributed by atoms with Crippen LogP contribution in [0.5, 0.6) is 0 Å². The van der Waals surface area contributed by atoms with E-state index < -0.39 is 0 Å². The van der Waals surface area contributed by atoms with Crippen LogP contribution in [0.25, 0.3) is 0 Å². The Morgan fingerprint density at radius 2 is 2.21 bits per heavy atom. The molecule has 104 valence electrons. The number of aryl methyl sites for hydroxylation is 1. The van der Waals surface area contributed by atoms with Gasteiger partial charge in [0.25, 0.3) is 5.91 Å². The zero-order chi connectivity index (χ0) is 13.8. The number of nitrogens with one attached hydrogen (secondary N) is 2. The Bertz CT molecular complexity index is 512. The van der Waals surface area contributed by atoms with Crippen molar-refractivity contribution in [3.05, 3.63) is 33.7 Å². The van der Waals surface area contributed by atoms with E-state index in [1.165, 1.54) is 12.3 Å². The molecule has 4 nitrogen and oxygen atoms in total. The zero-order valence-electron chi connectivity index (χ0n) is 11.0. The maximum atomic E-state index is 12.0. The third-order valence-electron chi connectivity index (χ3n) is 3.64. The van der Waals surface area contributed by atoms with Gasteiger partial charge in [-0.1, -0.05) is 12.8 Å². The molecule has 1 aromatic rings. The Morgan fingerprint density at radius 3 is 2.89 bits per heavy atom. The van der Waals surface area contributed by atoms with Crippen molar-refractivity contribution in [2.24, 2.45) is 5.92 Å². The number of carbonyl (C=O) groups is 1. The maximum absolute atomic E-state index is 12.0. The standard InChI is InChI=1S/C14H19ClN2O2/c1-9-6-13(18)11(8-16-9)14(19)17-7-10-4-2-3-5-12(10)15/h6,8,10,12H,2-5,7H2,1H3,(H,16,18)(H,17,19). The van der Waals surface area contributed by atoms with E-state index in [0.717, 1.165) is 31.4 Å². The molecule has 2 N–H and O–H groups in total. The maximum Gasteiger partial charge on any atom is 0.256 e. The number of aromatic nitrogens is 1. The van der Waals surface area contributed by atoms with Gasteiger partial charge in [0.2, 0.25) is 0 Å². The summed E-state index contributed by atoms with van der Waals surface area (Å²) in [5, 5.41) is 2.95. The van der Waals surface area contributed by atoms with Crippen LogP contribution in [0.3, 0.4) is 0 Å². The van der Waals surface area contributed by atoms with E-state index >= 15 is 0 Å². The molecule has 2 rings (SSSR count). The van der Waals surface area contributed by atoms with Gasteiger partial charge in [0.1, 0.15) is 5.56 Å². The van der Waals surface area contributed by atoms with Crippen molar-refractivity contribution in [1.82, 2.24) is 10.3 Å². The molecule has 1 saturated carbocycles. The fourth-order valence-corrected chi connectivity index (χ4v) is 2.83. The molecule has 1 aromatic heterocycles. The number of rotatable bonds is 3. The number of hydrogen-bond donors (Lipinski definition) is 2. The van der Waals surface area contributed by atoms with Gasteiger partial charge >= 0.3 is 0 Å². The lowest BCUT2D eigenvalue weighted by Gasteiger charge is -2.27. The van der Waals surface area contributed by atoms with Gasteiger partial charge in [0.15, 0.2) is 5.43 Å². The van der Waals surface area contributed by atoms with Crippen LogP contribution in [0.2, 0.25) is 0 Å². The molecule has 1 fully saturated rings. The Morgan fingerprint density at radius 1 is 1.47 bits per heavy atom. The largest absolute Gasteiger partial charge is 0.364 e. The van der Waals surface area contributed by atoms with Gasteiger partial charge in [-0.05, 0) is 25.7 Å². The highest BCUT2D eigenvalue weighted by molar-refractivity contribution is 6.20. The first kappa shape index (κ1) is 14.1. The number of aromatic amines is 1. The van der Waals surface area contributed by atoms with Crippen molar-refractivity contribution in [2.75, 3.05) is 6.54 Å². The summed E-state index contributed by atoms with van der Waals surface area (Å²) in [6.07, 6.45) is 5.84. The average molecular weight is 283 g/mol. The summed E-state index contributed by atoms with van der Waals surface area (Å²) >= 11 is 6.24. The van der Waals surface area contributed by atoms with E-state index in [-0.39, 0.29) is 22.3 Å². The Balaban J connectivity index is 1.95. The van der Waals surface area contributed by atoms with Crippen LogP contribution in [0.4, 0.5) is 0 Å². The molecule has 5 heteroatoms. The van der Waals surface area contributed by atoms with Crippen LogP contribution in [-0.2, 0) is 0 Å². The predicted molar refractivity (Wildman–Crippen MR) is 75.7 cm³/mol. The molecule has 0 bridgehead atoms. The van der Waals surface area contributed by atoms with Crippen molar-refractivity contribution in [3.63, 3.8) is 0 Å². The van der Waals surface area contributed by atoms with Crippen molar-refractivity contribution >= 4 is 17.5 Å². The van der Waals surface area contributed by atoms with Crippen molar-refractivity contribution < 1.29 is 4.79 Å². The van der Waals surface area contributed by atoms with E-state index in [1.54, 1.807) is 6.92 Å². The summed E-state index contributed by atoms with van der Waals surface area (Å²) < 4.78 is 0. The highest BCUT2D eigenvalue weighted by Gasteiger charge is 2.23. The van der Waals surface area contributed by atoms with Crippen molar-refractivity contribution in [2.45, 2.75) is 38.0 Å². The fraction of sp³-hybridized carbons (Fsp3) is 0.571. The fourth-order valence-electron chi connectivity index (χ4n) is 2.46. The van der Waals surface area contributed by atoms with Gasteiger partial charge in [0, 0.05) is 29.9 Å². The van der Waals surface area contributed by atoms with Crippen LogP contribution in [0, 0.1) is 12.8 Å². The minimum Gasteiger partial charge on any atom is -0.364 e. The molecule has 2 unspecified atom stereocenters. The van der Waals surface area contributed by atoms with Crippen molar-refractivity contribution in [3.8, 4) is 0 Å². The van der Waals surface area contributed by atoms with Gasteiger partial charge in [-0.3, -0.25) is 9.59 Å². The summed E-state index contributed by atoms with van der Waals surface area (Å²) in [5.41, 5.74) is 0.655. The number of alkyl halides is 1. The van der Waals surface area contributed by atoms with Crippen LogP contribution in [-0.4, -0.2) is 22.8 Å². The molecule has 19 heavy (non-hydrogen) atoms. The molecule has 1 amide bonds. The number of carbonyl (C=O) groups excluding carboxylic acids is 1. The van der Waals surface area contributed by atoms with Gasteiger partial charge in [0.05, 0.1) is 0 Å². The Hall–Kier alpha value is -1.29. The summed E-state index contributed by atoms with van der Waals surface area (Å²) in [6.45, 7) is 2.32. The minimum atomic E-state index is -0.323.